The molecule has 2 heterocycles. The molecule has 2 saturated heterocycles. The number of hydrogen-bond acceptors (Lipinski definition) is 3. The second-order valence-corrected chi connectivity index (χ2v) is 11.3. The fraction of sp³-hybridized carbons (Fsp3) is 0.548. The number of ketones is 1. The van der Waals surface area contributed by atoms with Gasteiger partial charge < -0.3 is 9.64 Å². The van der Waals surface area contributed by atoms with Gasteiger partial charge in [0.1, 0.15) is 12.4 Å². The molecule has 2 aliphatic carbocycles. The Kier molecular flexibility index (Phi) is 6.39. The number of carbonyl (C=O) groups is 2. The molecule has 1 amide bonds. The predicted molar refractivity (Wildman–Crippen MR) is 137 cm³/mol. The largest absolute Gasteiger partial charge is 0.448 e. The molecule has 2 atom stereocenters. The van der Waals surface area contributed by atoms with Crippen LogP contribution in [-0.4, -0.2) is 35.5 Å². The van der Waals surface area contributed by atoms with Crippen molar-refractivity contribution in [3.8, 4) is 11.1 Å². The molecule has 2 aliphatic heterocycles. The van der Waals surface area contributed by atoms with Crippen LogP contribution in [0.3, 0.4) is 0 Å². The highest BCUT2D eigenvalue weighted by atomic mass is 16.6. The molecular weight excluding hydrogens is 434 g/mol. The summed E-state index contributed by atoms with van der Waals surface area (Å²) in [5.41, 5.74) is 4.98. The number of Topliss-reactive ketones (excluding diaryl/α,β-unsaturated/α-hetero) is 1. The molecular formula is C31H37NO3. The van der Waals surface area contributed by atoms with Crippen LogP contribution in [0.4, 0.5) is 4.79 Å². The molecule has 2 bridgehead atoms. The summed E-state index contributed by atoms with van der Waals surface area (Å²) in [7, 11) is 0. The van der Waals surface area contributed by atoms with Crippen molar-refractivity contribution in [2.75, 3.05) is 6.61 Å². The third-order valence-electron chi connectivity index (χ3n) is 9.26. The van der Waals surface area contributed by atoms with Gasteiger partial charge in [0, 0.05) is 30.3 Å². The summed E-state index contributed by atoms with van der Waals surface area (Å²) in [4.78, 5) is 28.3. The van der Waals surface area contributed by atoms with E-state index in [9.17, 15) is 9.59 Å². The minimum Gasteiger partial charge on any atom is -0.448 e. The van der Waals surface area contributed by atoms with Crippen molar-refractivity contribution in [1.29, 1.82) is 0 Å². The molecule has 4 heteroatoms. The van der Waals surface area contributed by atoms with E-state index >= 15 is 0 Å². The summed E-state index contributed by atoms with van der Waals surface area (Å²) in [5, 5.41) is 0. The molecule has 2 aromatic rings. The van der Waals surface area contributed by atoms with Gasteiger partial charge in [-0.15, -0.1) is 0 Å². The molecule has 0 radical (unpaired) electrons. The minimum atomic E-state index is -0.188. The van der Waals surface area contributed by atoms with E-state index in [1.165, 1.54) is 54.4 Å². The van der Waals surface area contributed by atoms with Crippen LogP contribution in [0.5, 0.6) is 0 Å². The number of rotatable bonds is 6. The first-order valence-corrected chi connectivity index (χ1v) is 13.8. The van der Waals surface area contributed by atoms with Gasteiger partial charge in [-0.05, 0) is 60.3 Å². The third kappa shape index (κ3) is 4.41. The monoisotopic (exact) mass is 471 g/mol. The van der Waals surface area contributed by atoms with Crippen molar-refractivity contribution in [2.45, 2.75) is 88.6 Å². The van der Waals surface area contributed by atoms with Crippen LogP contribution < -0.4 is 0 Å². The van der Waals surface area contributed by atoms with E-state index in [2.05, 4.69) is 48.5 Å². The maximum absolute atomic E-state index is 13.3. The quantitative estimate of drug-likeness (QED) is 0.451. The molecule has 3 fully saturated rings. The van der Waals surface area contributed by atoms with Gasteiger partial charge in [-0.3, -0.25) is 4.79 Å². The fourth-order valence-electron chi connectivity index (χ4n) is 7.43. The van der Waals surface area contributed by atoms with Crippen LogP contribution >= 0.6 is 0 Å². The Morgan fingerprint density at radius 3 is 2.03 bits per heavy atom. The topological polar surface area (TPSA) is 46.6 Å². The van der Waals surface area contributed by atoms with E-state index in [1.807, 2.05) is 4.90 Å². The molecule has 6 rings (SSSR count). The van der Waals surface area contributed by atoms with Gasteiger partial charge in [-0.2, -0.15) is 0 Å². The Morgan fingerprint density at radius 2 is 1.40 bits per heavy atom. The molecule has 1 saturated carbocycles. The molecule has 184 valence electrons. The molecule has 0 spiro atoms. The van der Waals surface area contributed by atoms with Gasteiger partial charge >= 0.3 is 6.09 Å². The fourth-order valence-corrected chi connectivity index (χ4v) is 7.43. The second-order valence-electron chi connectivity index (χ2n) is 11.3. The number of carbonyl (C=O) groups excluding carboxylic acids is 2. The molecule has 35 heavy (non-hydrogen) atoms. The highest BCUT2D eigenvalue weighted by Gasteiger charge is 2.46. The lowest BCUT2D eigenvalue weighted by Gasteiger charge is -2.38. The lowest BCUT2D eigenvalue weighted by Crippen LogP contribution is -2.48. The number of amides is 1. The Hall–Kier alpha value is -2.62. The molecule has 4 aliphatic rings. The summed E-state index contributed by atoms with van der Waals surface area (Å²) in [5.74, 6) is 1.42. The van der Waals surface area contributed by atoms with Crippen molar-refractivity contribution in [3.63, 3.8) is 0 Å². The molecule has 0 aromatic heterocycles. The highest BCUT2D eigenvalue weighted by molar-refractivity contribution is 5.82. The summed E-state index contributed by atoms with van der Waals surface area (Å²) >= 11 is 0. The van der Waals surface area contributed by atoms with Gasteiger partial charge in [0.15, 0.2) is 0 Å². The van der Waals surface area contributed by atoms with Crippen LogP contribution in [0.25, 0.3) is 11.1 Å². The SMILES string of the molecule is O=C(CCC1CCCCC1)C1CC2CCC(C1)N2C(=O)OCC1c2ccccc2-c2ccccc21. The van der Waals surface area contributed by atoms with Gasteiger partial charge in [0.05, 0.1) is 0 Å². The standard InChI is InChI=1S/C31H37NO3/c33-30(17-14-21-8-2-1-3-9-21)22-18-23-15-16-24(19-22)32(23)31(34)35-20-29-27-12-6-4-10-25(27)26-11-5-7-13-28(26)29/h4-7,10-13,21-24,29H,1-3,8-9,14-20H2. The number of ether oxygens (including phenoxy) is 1. The van der Waals surface area contributed by atoms with E-state index in [4.69, 9.17) is 4.74 Å². The average Bonchev–Trinajstić information content (AvgIpc) is 3.37. The molecule has 2 unspecified atom stereocenters. The normalized spacial score (nSPS) is 25.8. The van der Waals surface area contributed by atoms with E-state index in [1.54, 1.807) is 0 Å². The number of fused-ring (bicyclic) bond motifs is 5. The van der Waals surface area contributed by atoms with Gasteiger partial charge in [0.2, 0.25) is 0 Å². The van der Waals surface area contributed by atoms with Gasteiger partial charge in [-0.25, -0.2) is 4.79 Å². The van der Waals surface area contributed by atoms with Gasteiger partial charge in [-0.1, -0.05) is 80.6 Å². The van der Waals surface area contributed by atoms with Crippen molar-refractivity contribution in [3.05, 3.63) is 59.7 Å². The second kappa shape index (κ2) is 9.79. The number of hydrogen-bond donors (Lipinski definition) is 0. The van der Waals surface area contributed by atoms with Gasteiger partial charge in [0.25, 0.3) is 0 Å². The highest BCUT2D eigenvalue weighted by Crippen LogP contribution is 2.45. The Bertz CT molecular complexity index is 1030. The molecule has 4 nitrogen and oxygen atoms in total. The minimum absolute atomic E-state index is 0.0860. The number of piperidine rings is 1. The number of nitrogens with zero attached hydrogens (tertiary/aromatic N) is 1. The third-order valence-corrected chi connectivity index (χ3v) is 9.26. The zero-order valence-corrected chi connectivity index (χ0v) is 20.7. The van der Waals surface area contributed by atoms with Crippen LogP contribution in [0, 0.1) is 11.8 Å². The van der Waals surface area contributed by atoms with Crippen molar-refractivity contribution >= 4 is 11.9 Å². The molecule has 0 N–H and O–H groups in total. The Morgan fingerprint density at radius 1 is 0.800 bits per heavy atom. The lowest BCUT2D eigenvalue weighted by atomic mass is 9.82. The van der Waals surface area contributed by atoms with Crippen LogP contribution in [-0.2, 0) is 9.53 Å². The first-order valence-electron chi connectivity index (χ1n) is 13.8. The number of benzene rings is 2. The Balaban J connectivity index is 1.06. The zero-order chi connectivity index (χ0) is 23.8. The maximum Gasteiger partial charge on any atom is 0.410 e. The predicted octanol–water partition coefficient (Wildman–Crippen LogP) is 7.11. The molecule has 2 aromatic carbocycles. The average molecular weight is 472 g/mol. The first-order chi connectivity index (χ1) is 17.2. The van der Waals surface area contributed by atoms with Crippen molar-refractivity contribution in [2.24, 2.45) is 11.8 Å². The summed E-state index contributed by atoms with van der Waals surface area (Å²) < 4.78 is 5.98. The zero-order valence-electron chi connectivity index (χ0n) is 20.7. The lowest BCUT2D eigenvalue weighted by molar-refractivity contribution is -0.125. The van der Waals surface area contributed by atoms with E-state index in [0.29, 0.717) is 12.4 Å². The summed E-state index contributed by atoms with van der Waals surface area (Å²) in [6.45, 7) is 0.368. The van der Waals surface area contributed by atoms with Crippen molar-refractivity contribution < 1.29 is 14.3 Å². The van der Waals surface area contributed by atoms with E-state index < -0.39 is 0 Å². The van der Waals surface area contributed by atoms with E-state index in [0.717, 1.165) is 44.4 Å². The first kappa shape index (κ1) is 22.8. The summed E-state index contributed by atoms with van der Waals surface area (Å²) in [6.07, 6.45) is 11.9. The van der Waals surface area contributed by atoms with Crippen molar-refractivity contribution in [1.82, 2.24) is 4.90 Å². The van der Waals surface area contributed by atoms with Crippen LogP contribution in [0.2, 0.25) is 0 Å². The van der Waals surface area contributed by atoms with Crippen LogP contribution in [0.15, 0.2) is 48.5 Å². The smallest absolute Gasteiger partial charge is 0.410 e. The maximum atomic E-state index is 13.3. The Labute approximate surface area is 209 Å². The van der Waals surface area contributed by atoms with Crippen LogP contribution in [0.1, 0.15) is 87.7 Å². The van der Waals surface area contributed by atoms with E-state index in [-0.39, 0.29) is 30.0 Å². The summed E-state index contributed by atoms with van der Waals surface area (Å²) in [6, 6.07) is 17.2.